The first kappa shape index (κ1) is 17.2. The normalized spacial score (nSPS) is 11.9. The van der Waals surface area contributed by atoms with Gasteiger partial charge in [0.15, 0.2) is 0 Å². The molecule has 0 radical (unpaired) electrons. The molecule has 0 bridgehead atoms. The van der Waals surface area contributed by atoms with Crippen LogP contribution in [0.5, 0.6) is 0 Å². The number of hydrogen-bond acceptors (Lipinski definition) is 2. The molecular formula is C27H20S2. The minimum atomic E-state index is 1.10. The van der Waals surface area contributed by atoms with E-state index in [0.29, 0.717) is 0 Å². The summed E-state index contributed by atoms with van der Waals surface area (Å²) in [7, 11) is 0. The van der Waals surface area contributed by atoms with Gasteiger partial charge in [-0.3, -0.25) is 0 Å². The van der Waals surface area contributed by atoms with Crippen LogP contribution in [0.4, 0.5) is 0 Å². The van der Waals surface area contributed by atoms with Crippen molar-refractivity contribution in [1.82, 2.24) is 0 Å². The molecule has 2 heterocycles. The van der Waals surface area contributed by atoms with E-state index in [1.807, 2.05) is 22.7 Å². The third kappa shape index (κ3) is 2.95. The maximum atomic E-state index is 2.42. The van der Waals surface area contributed by atoms with Crippen LogP contribution in [0.2, 0.25) is 0 Å². The lowest BCUT2D eigenvalue weighted by molar-refractivity contribution is 0.980. The number of hydrogen-bond donors (Lipinski definition) is 0. The summed E-state index contributed by atoms with van der Waals surface area (Å²) in [5.41, 5.74) is 2.75. The Hall–Kier alpha value is -2.68. The molecule has 0 aliphatic heterocycles. The maximum absolute atomic E-state index is 2.42. The lowest BCUT2D eigenvalue weighted by atomic mass is 9.99. The lowest BCUT2D eigenvalue weighted by Gasteiger charge is -2.05. The molecule has 140 valence electrons. The number of rotatable bonds is 3. The molecule has 0 saturated carbocycles. The molecule has 0 aliphatic carbocycles. The molecule has 0 nitrogen and oxygen atoms in total. The van der Waals surface area contributed by atoms with E-state index in [-0.39, 0.29) is 0 Å². The van der Waals surface area contributed by atoms with Crippen LogP contribution in [-0.2, 0) is 12.8 Å². The first-order chi connectivity index (χ1) is 14.2. The van der Waals surface area contributed by atoms with E-state index in [9.17, 15) is 0 Å². The molecule has 6 rings (SSSR count). The van der Waals surface area contributed by atoms with E-state index in [4.69, 9.17) is 0 Å². The van der Waals surface area contributed by atoms with Gasteiger partial charge in [0.25, 0.3) is 0 Å². The Balaban J connectivity index is 1.44. The average molecular weight is 409 g/mol. The summed E-state index contributed by atoms with van der Waals surface area (Å²) in [5.74, 6) is 0. The molecule has 0 unspecified atom stereocenters. The van der Waals surface area contributed by atoms with E-state index < -0.39 is 0 Å². The van der Waals surface area contributed by atoms with Gasteiger partial charge in [-0.15, -0.1) is 22.7 Å². The van der Waals surface area contributed by atoms with Crippen molar-refractivity contribution >= 4 is 64.4 Å². The second-order valence-corrected chi connectivity index (χ2v) is 9.98. The minimum absolute atomic E-state index is 1.10. The predicted octanol–water partition coefficient (Wildman–Crippen LogP) is 8.52. The first-order valence-corrected chi connectivity index (χ1v) is 11.7. The molecule has 0 atom stereocenters. The predicted molar refractivity (Wildman–Crippen MR) is 131 cm³/mol. The second-order valence-electron chi connectivity index (χ2n) is 7.87. The van der Waals surface area contributed by atoms with Gasteiger partial charge in [0.05, 0.1) is 0 Å². The zero-order valence-electron chi connectivity index (χ0n) is 16.2. The number of aryl methyl sites for hydroxylation is 3. The number of fused-ring (bicyclic) bond motifs is 6. The SMILES string of the molecule is Cc1ccc(CCc2cc3c(ccc4cc5c(ccc6sccc65)cc43)s2)cc1. The molecule has 2 aromatic heterocycles. The van der Waals surface area contributed by atoms with Crippen LogP contribution in [0.3, 0.4) is 0 Å². The molecule has 6 aromatic rings. The fraction of sp³-hybridized carbons (Fsp3) is 0.111. The molecule has 2 heteroatoms. The highest BCUT2D eigenvalue weighted by molar-refractivity contribution is 7.19. The van der Waals surface area contributed by atoms with E-state index in [2.05, 4.69) is 85.1 Å². The Kier molecular flexibility index (Phi) is 3.97. The third-order valence-electron chi connectivity index (χ3n) is 5.92. The average Bonchev–Trinajstić information content (AvgIpc) is 3.39. The second kappa shape index (κ2) is 6.69. The van der Waals surface area contributed by atoms with Gasteiger partial charge < -0.3 is 0 Å². The van der Waals surface area contributed by atoms with Gasteiger partial charge in [-0.05, 0) is 88.7 Å². The largest absolute Gasteiger partial charge is 0.144 e. The topological polar surface area (TPSA) is 0 Å². The highest BCUT2D eigenvalue weighted by Crippen LogP contribution is 2.37. The first-order valence-electron chi connectivity index (χ1n) is 10.1. The Morgan fingerprint density at radius 2 is 1.34 bits per heavy atom. The Morgan fingerprint density at radius 3 is 2.14 bits per heavy atom. The van der Waals surface area contributed by atoms with Gasteiger partial charge in [0, 0.05) is 25.0 Å². The zero-order valence-corrected chi connectivity index (χ0v) is 17.9. The van der Waals surface area contributed by atoms with Crippen molar-refractivity contribution < 1.29 is 0 Å². The summed E-state index contributed by atoms with van der Waals surface area (Å²) in [4.78, 5) is 1.47. The molecule has 0 saturated heterocycles. The van der Waals surface area contributed by atoms with Crippen LogP contribution < -0.4 is 0 Å². The van der Waals surface area contributed by atoms with E-state index in [0.717, 1.165) is 12.8 Å². The van der Waals surface area contributed by atoms with Crippen molar-refractivity contribution in [3.8, 4) is 0 Å². The molecule has 0 N–H and O–H groups in total. The molecular weight excluding hydrogens is 388 g/mol. The van der Waals surface area contributed by atoms with Crippen molar-refractivity contribution in [1.29, 1.82) is 0 Å². The van der Waals surface area contributed by atoms with E-state index >= 15 is 0 Å². The standard InChI is InChI=1S/C27H20S2/c1-17-2-4-18(5-3-17)6-9-21-16-25-24-15-19-7-10-26-22(12-13-28-26)23(19)14-20(24)8-11-27(25)29-21/h2-5,7-8,10-16H,6,9H2,1H3. The quantitative estimate of drug-likeness (QED) is 0.257. The van der Waals surface area contributed by atoms with Crippen molar-refractivity contribution in [3.05, 3.63) is 94.2 Å². The van der Waals surface area contributed by atoms with Crippen LogP contribution in [0.25, 0.3) is 41.7 Å². The van der Waals surface area contributed by atoms with Crippen LogP contribution in [0, 0.1) is 6.92 Å². The summed E-state index contributed by atoms with van der Waals surface area (Å²) in [5, 5.41) is 10.4. The molecule has 4 aromatic carbocycles. The smallest absolute Gasteiger partial charge is 0.0352 e. The minimum Gasteiger partial charge on any atom is -0.144 e. The number of benzene rings is 4. The summed E-state index contributed by atoms with van der Waals surface area (Å²) in [6.07, 6.45) is 2.21. The zero-order chi connectivity index (χ0) is 19.4. The number of thiophene rings is 2. The van der Waals surface area contributed by atoms with Gasteiger partial charge >= 0.3 is 0 Å². The van der Waals surface area contributed by atoms with Crippen molar-refractivity contribution in [2.75, 3.05) is 0 Å². The Bertz CT molecular complexity index is 1500. The Labute approximate surface area is 178 Å². The summed E-state index contributed by atoms with van der Waals surface area (Å²) >= 11 is 3.76. The van der Waals surface area contributed by atoms with Crippen molar-refractivity contribution in [2.45, 2.75) is 19.8 Å². The summed E-state index contributed by atoms with van der Waals surface area (Å²) < 4.78 is 2.76. The fourth-order valence-electron chi connectivity index (χ4n) is 4.32. The highest BCUT2D eigenvalue weighted by atomic mass is 32.1. The molecule has 29 heavy (non-hydrogen) atoms. The summed E-state index contributed by atoms with van der Waals surface area (Å²) in [6, 6.07) is 27.5. The Morgan fingerprint density at radius 1 is 0.621 bits per heavy atom. The molecule has 0 amide bonds. The van der Waals surface area contributed by atoms with Crippen LogP contribution in [0.1, 0.15) is 16.0 Å². The van der Waals surface area contributed by atoms with Crippen molar-refractivity contribution in [3.63, 3.8) is 0 Å². The van der Waals surface area contributed by atoms with Gasteiger partial charge in [0.2, 0.25) is 0 Å². The van der Waals surface area contributed by atoms with Gasteiger partial charge in [-0.2, -0.15) is 0 Å². The maximum Gasteiger partial charge on any atom is 0.0352 e. The van der Waals surface area contributed by atoms with E-state index in [1.165, 1.54) is 57.7 Å². The highest BCUT2D eigenvalue weighted by Gasteiger charge is 2.09. The van der Waals surface area contributed by atoms with Gasteiger partial charge in [-0.1, -0.05) is 42.0 Å². The fourth-order valence-corrected chi connectivity index (χ4v) is 6.20. The lowest BCUT2D eigenvalue weighted by Crippen LogP contribution is -1.88. The third-order valence-corrected chi connectivity index (χ3v) is 7.96. The molecule has 0 fully saturated rings. The summed E-state index contributed by atoms with van der Waals surface area (Å²) in [6.45, 7) is 2.15. The van der Waals surface area contributed by atoms with Crippen LogP contribution in [0.15, 0.2) is 78.2 Å². The van der Waals surface area contributed by atoms with E-state index in [1.54, 1.807) is 0 Å². The molecule has 0 spiro atoms. The van der Waals surface area contributed by atoms with Crippen LogP contribution in [-0.4, -0.2) is 0 Å². The van der Waals surface area contributed by atoms with Crippen LogP contribution >= 0.6 is 22.7 Å². The molecule has 0 aliphatic rings. The van der Waals surface area contributed by atoms with Crippen molar-refractivity contribution in [2.24, 2.45) is 0 Å². The van der Waals surface area contributed by atoms with Gasteiger partial charge in [-0.25, -0.2) is 0 Å². The van der Waals surface area contributed by atoms with Gasteiger partial charge in [0.1, 0.15) is 0 Å². The monoisotopic (exact) mass is 408 g/mol.